The Labute approximate surface area is 174 Å². The van der Waals surface area contributed by atoms with Crippen LogP contribution in [-0.4, -0.2) is 29.4 Å². The number of aromatic amines is 1. The van der Waals surface area contributed by atoms with Gasteiger partial charge in [-0.05, 0) is 36.2 Å². The average molecular weight is 436 g/mol. The van der Waals surface area contributed by atoms with Crippen LogP contribution in [0.1, 0.15) is 17.5 Å². The van der Waals surface area contributed by atoms with Crippen LogP contribution in [0, 0.1) is 0 Å². The Balaban J connectivity index is 1.45. The molecule has 2 N–H and O–H groups in total. The van der Waals surface area contributed by atoms with Crippen LogP contribution in [0.5, 0.6) is 0 Å². The van der Waals surface area contributed by atoms with Crippen LogP contribution in [0.4, 0.5) is 18.9 Å². The summed E-state index contributed by atoms with van der Waals surface area (Å²) in [5.74, 6) is -1.13. The molecule has 1 aliphatic heterocycles. The first-order chi connectivity index (χ1) is 14.3. The van der Waals surface area contributed by atoms with Crippen LogP contribution < -0.4 is 10.2 Å². The van der Waals surface area contributed by atoms with Crippen molar-refractivity contribution < 1.29 is 22.8 Å². The fourth-order valence-corrected chi connectivity index (χ4v) is 3.88. The fourth-order valence-electron chi connectivity index (χ4n) is 3.65. The van der Waals surface area contributed by atoms with Crippen LogP contribution in [0.15, 0.2) is 48.7 Å². The monoisotopic (exact) mass is 435 g/mol. The summed E-state index contributed by atoms with van der Waals surface area (Å²) in [4.78, 5) is 29.0. The highest BCUT2D eigenvalue weighted by Gasteiger charge is 2.41. The van der Waals surface area contributed by atoms with Crippen molar-refractivity contribution in [2.75, 3.05) is 11.4 Å². The third-order valence-corrected chi connectivity index (χ3v) is 5.45. The third-order valence-electron chi connectivity index (χ3n) is 5.12. The summed E-state index contributed by atoms with van der Waals surface area (Å²) in [6, 6.07) is 10.0. The normalized spacial score (nSPS) is 17.3. The molecule has 1 aliphatic rings. The second kappa shape index (κ2) is 7.77. The number of aromatic nitrogens is 1. The number of halogens is 4. The zero-order chi connectivity index (χ0) is 21.5. The number of fused-ring (bicyclic) bond motifs is 1. The van der Waals surface area contributed by atoms with Crippen LogP contribution in [0.25, 0.3) is 10.9 Å². The van der Waals surface area contributed by atoms with Crippen molar-refractivity contribution in [3.63, 3.8) is 0 Å². The van der Waals surface area contributed by atoms with Crippen LogP contribution >= 0.6 is 11.6 Å². The fraction of sp³-hybridized carbons (Fsp3) is 0.238. The van der Waals surface area contributed by atoms with Gasteiger partial charge in [0.25, 0.3) is 5.91 Å². The highest BCUT2D eigenvalue weighted by Crippen LogP contribution is 2.37. The molecule has 0 unspecified atom stereocenters. The number of hydrogen-bond donors (Lipinski definition) is 2. The van der Waals surface area contributed by atoms with E-state index in [1.807, 2.05) is 30.5 Å². The van der Waals surface area contributed by atoms with Crippen molar-refractivity contribution in [1.82, 2.24) is 10.3 Å². The first kappa shape index (κ1) is 20.4. The average Bonchev–Trinajstić information content (AvgIpc) is 3.23. The van der Waals surface area contributed by atoms with E-state index in [1.54, 1.807) is 0 Å². The summed E-state index contributed by atoms with van der Waals surface area (Å²) < 4.78 is 39.3. The highest BCUT2D eigenvalue weighted by atomic mass is 35.5. The number of carbonyl (C=O) groups excluding carboxylic acids is 2. The number of imide groups is 1. The Morgan fingerprint density at radius 2 is 1.93 bits per heavy atom. The lowest BCUT2D eigenvalue weighted by Crippen LogP contribution is -2.39. The van der Waals surface area contributed by atoms with E-state index in [4.69, 9.17) is 11.6 Å². The molecule has 2 amide bonds. The Bertz CT molecular complexity index is 1130. The van der Waals surface area contributed by atoms with Crippen molar-refractivity contribution in [3.8, 4) is 0 Å². The van der Waals surface area contributed by atoms with E-state index in [0.717, 1.165) is 33.5 Å². The molecule has 2 heterocycles. The summed E-state index contributed by atoms with van der Waals surface area (Å²) in [6.07, 6.45) is -2.28. The van der Waals surface area contributed by atoms with E-state index in [1.165, 1.54) is 6.07 Å². The molecule has 0 aliphatic carbocycles. The van der Waals surface area contributed by atoms with Crippen LogP contribution in [-0.2, 0) is 22.2 Å². The zero-order valence-corrected chi connectivity index (χ0v) is 16.3. The molecule has 0 bridgehead atoms. The second-order valence-corrected chi connectivity index (χ2v) is 7.46. The van der Waals surface area contributed by atoms with Crippen molar-refractivity contribution in [3.05, 3.63) is 64.8 Å². The third kappa shape index (κ3) is 3.80. The van der Waals surface area contributed by atoms with E-state index < -0.39 is 34.6 Å². The minimum atomic E-state index is -4.68. The number of nitrogens with one attached hydrogen (secondary N) is 2. The highest BCUT2D eigenvalue weighted by molar-refractivity contribution is 6.31. The van der Waals surface area contributed by atoms with Gasteiger partial charge in [0.2, 0.25) is 5.91 Å². The second-order valence-electron chi connectivity index (χ2n) is 7.05. The number of H-pyrrole nitrogens is 1. The summed E-state index contributed by atoms with van der Waals surface area (Å²) in [5.41, 5.74) is 0.855. The molecule has 5 nitrogen and oxygen atoms in total. The Morgan fingerprint density at radius 3 is 2.70 bits per heavy atom. The van der Waals surface area contributed by atoms with Crippen molar-refractivity contribution in [2.24, 2.45) is 0 Å². The Morgan fingerprint density at radius 1 is 1.17 bits per heavy atom. The summed E-state index contributed by atoms with van der Waals surface area (Å²) >= 11 is 5.62. The zero-order valence-electron chi connectivity index (χ0n) is 15.6. The van der Waals surface area contributed by atoms with Gasteiger partial charge in [0, 0.05) is 23.6 Å². The van der Waals surface area contributed by atoms with Crippen LogP contribution in [0.2, 0.25) is 5.02 Å². The maximum Gasteiger partial charge on any atom is 0.417 e. The number of amides is 2. The minimum Gasteiger partial charge on any atom is -0.361 e. The van der Waals surface area contributed by atoms with Gasteiger partial charge in [-0.15, -0.1) is 0 Å². The molecule has 4 rings (SSSR count). The first-order valence-corrected chi connectivity index (χ1v) is 9.65. The van der Waals surface area contributed by atoms with Gasteiger partial charge in [0.1, 0.15) is 0 Å². The summed E-state index contributed by atoms with van der Waals surface area (Å²) in [6.45, 7) is 0.438. The topological polar surface area (TPSA) is 65.2 Å². The minimum absolute atomic E-state index is 0.114. The SMILES string of the molecule is O=C1C[C@@H](NCCc2c[nH]c3ccccc23)C(=O)N1c1ccc(Cl)c(C(F)(F)F)c1. The van der Waals surface area contributed by atoms with E-state index in [9.17, 15) is 22.8 Å². The molecular weight excluding hydrogens is 419 g/mol. The van der Waals surface area contributed by atoms with E-state index >= 15 is 0 Å². The predicted octanol–water partition coefficient (Wildman–Crippen LogP) is 4.30. The number of benzene rings is 2. The lowest BCUT2D eigenvalue weighted by molar-refractivity contribution is -0.137. The molecular formula is C21H17ClF3N3O2. The lowest BCUT2D eigenvalue weighted by atomic mass is 10.1. The van der Waals surface area contributed by atoms with E-state index in [0.29, 0.717) is 13.0 Å². The Kier molecular flexibility index (Phi) is 5.29. The van der Waals surface area contributed by atoms with Crippen LogP contribution in [0.3, 0.4) is 0 Å². The van der Waals surface area contributed by atoms with Gasteiger partial charge in [-0.1, -0.05) is 29.8 Å². The number of hydrogen-bond acceptors (Lipinski definition) is 3. The molecule has 0 spiro atoms. The van der Waals surface area contributed by atoms with Gasteiger partial charge in [-0.25, -0.2) is 4.90 Å². The van der Waals surface area contributed by atoms with E-state index in [-0.39, 0.29) is 12.1 Å². The van der Waals surface area contributed by atoms with E-state index in [2.05, 4.69) is 10.3 Å². The predicted molar refractivity (Wildman–Crippen MR) is 107 cm³/mol. The van der Waals surface area contributed by atoms with Crippen molar-refractivity contribution in [2.45, 2.75) is 25.1 Å². The number of para-hydroxylation sites is 1. The molecule has 1 atom stereocenters. The van der Waals surface area contributed by atoms with Gasteiger partial charge in [-0.3, -0.25) is 9.59 Å². The molecule has 9 heteroatoms. The maximum absolute atomic E-state index is 13.1. The van der Waals surface area contributed by atoms with Gasteiger partial charge in [0.15, 0.2) is 0 Å². The molecule has 1 fully saturated rings. The number of carbonyl (C=O) groups is 2. The summed E-state index contributed by atoms with van der Waals surface area (Å²) in [7, 11) is 0. The molecule has 0 saturated carbocycles. The summed E-state index contributed by atoms with van der Waals surface area (Å²) in [5, 5.41) is 3.64. The molecule has 0 radical (unpaired) electrons. The standard InChI is InChI=1S/C21H17ClF3N3O2/c22-16-6-5-13(9-15(16)21(23,24)25)28-19(29)10-18(20(28)30)26-8-7-12-11-27-17-4-2-1-3-14(12)17/h1-6,9,11,18,26-27H,7-8,10H2/t18-/m1/s1. The lowest BCUT2D eigenvalue weighted by Gasteiger charge is -2.18. The number of rotatable bonds is 5. The van der Waals surface area contributed by atoms with Crippen molar-refractivity contribution >= 4 is 40.0 Å². The largest absolute Gasteiger partial charge is 0.417 e. The molecule has 1 aromatic heterocycles. The number of nitrogens with zero attached hydrogens (tertiary/aromatic N) is 1. The molecule has 1 saturated heterocycles. The molecule has 156 valence electrons. The maximum atomic E-state index is 13.1. The van der Waals surface area contributed by atoms with Gasteiger partial charge in [-0.2, -0.15) is 13.2 Å². The van der Waals surface area contributed by atoms with Gasteiger partial charge in [0.05, 0.1) is 28.7 Å². The first-order valence-electron chi connectivity index (χ1n) is 9.27. The smallest absolute Gasteiger partial charge is 0.361 e. The van der Waals surface area contributed by atoms with Gasteiger partial charge < -0.3 is 10.3 Å². The number of alkyl halides is 3. The molecule has 30 heavy (non-hydrogen) atoms. The Hall–Kier alpha value is -2.84. The quantitative estimate of drug-likeness (QED) is 0.587. The number of anilines is 1. The molecule has 2 aromatic carbocycles. The van der Waals surface area contributed by atoms with Crippen molar-refractivity contribution in [1.29, 1.82) is 0 Å². The van der Waals surface area contributed by atoms with Gasteiger partial charge >= 0.3 is 6.18 Å². The molecule has 3 aromatic rings.